The zero-order valence-electron chi connectivity index (χ0n) is 19.3. The average molecular weight is 447 g/mol. The summed E-state index contributed by atoms with van der Waals surface area (Å²) >= 11 is 0. The van der Waals surface area contributed by atoms with Crippen LogP contribution in [-0.2, 0) is 13.0 Å². The Morgan fingerprint density at radius 3 is 2.79 bits per heavy atom. The van der Waals surface area contributed by atoms with Crippen molar-refractivity contribution in [2.24, 2.45) is 5.92 Å². The number of aryl methyl sites for hydroxylation is 1. The van der Waals surface area contributed by atoms with Crippen LogP contribution in [0.15, 0.2) is 42.7 Å². The summed E-state index contributed by atoms with van der Waals surface area (Å²) in [6.45, 7) is 6.93. The molecule has 2 fully saturated rings. The van der Waals surface area contributed by atoms with Gasteiger partial charge in [0.1, 0.15) is 11.5 Å². The molecule has 1 aliphatic carbocycles. The van der Waals surface area contributed by atoms with E-state index in [9.17, 15) is 5.11 Å². The van der Waals surface area contributed by atoms with E-state index in [2.05, 4.69) is 55.6 Å². The first-order valence-electron chi connectivity index (χ1n) is 12.5. The smallest absolute Gasteiger partial charge is 0.138 e. The second-order valence-corrected chi connectivity index (χ2v) is 9.80. The van der Waals surface area contributed by atoms with E-state index in [1.54, 1.807) is 0 Å². The fourth-order valence-corrected chi connectivity index (χ4v) is 6.23. The highest BCUT2D eigenvalue weighted by molar-refractivity contribution is 5.53. The molecule has 2 atom stereocenters. The van der Waals surface area contributed by atoms with Crippen molar-refractivity contribution < 1.29 is 5.11 Å². The zero-order chi connectivity index (χ0) is 22.2. The van der Waals surface area contributed by atoms with E-state index in [0.717, 1.165) is 57.2 Å². The molecule has 0 saturated carbocycles. The molecule has 0 amide bonds. The molecule has 0 radical (unpaired) electrons. The molecular formula is C26H34N6O. The molecule has 3 aromatic rings. The number of piperidine rings is 1. The lowest BCUT2D eigenvalue weighted by Crippen LogP contribution is -2.47. The van der Waals surface area contributed by atoms with Gasteiger partial charge in [0.15, 0.2) is 0 Å². The number of aliphatic hydroxyl groups excluding tert-OH is 1. The average Bonchev–Trinajstić information content (AvgIpc) is 3.27. The number of aromatic nitrogens is 3. The van der Waals surface area contributed by atoms with Gasteiger partial charge in [-0.15, -0.1) is 0 Å². The van der Waals surface area contributed by atoms with Crippen molar-refractivity contribution in [3.8, 4) is 0 Å². The molecular weight excluding hydrogens is 412 g/mol. The Morgan fingerprint density at radius 1 is 1.00 bits per heavy atom. The van der Waals surface area contributed by atoms with Gasteiger partial charge in [0.25, 0.3) is 0 Å². The van der Waals surface area contributed by atoms with Crippen LogP contribution < -0.4 is 4.90 Å². The lowest BCUT2D eigenvalue weighted by molar-refractivity contribution is 0.0687. The Balaban J connectivity index is 1.25. The molecule has 2 saturated heterocycles. The van der Waals surface area contributed by atoms with E-state index >= 15 is 0 Å². The maximum atomic E-state index is 9.23. The molecule has 0 unspecified atom stereocenters. The second kappa shape index (κ2) is 9.05. The third kappa shape index (κ3) is 4.03. The van der Waals surface area contributed by atoms with E-state index < -0.39 is 0 Å². The van der Waals surface area contributed by atoms with Crippen molar-refractivity contribution in [3.63, 3.8) is 0 Å². The summed E-state index contributed by atoms with van der Waals surface area (Å²) in [6.07, 6.45) is 9.23. The molecule has 3 aromatic heterocycles. The maximum absolute atomic E-state index is 9.23. The van der Waals surface area contributed by atoms with E-state index in [4.69, 9.17) is 9.97 Å². The van der Waals surface area contributed by atoms with Crippen LogP contribution in [0.3, 0.4) is 0 Å². The summed E-state index contributed by atoms with van der Waals surface area (Å²) in [6, 6.07) is 11.2. The zero-order valence-corrected chi connectivity index (χ0v) is 19.3. The van der Waals surface area contributed by atoms with Crippen LogP contribution in [0.5, 0.6) is 0 Å². The number of aliphatic hydroxyl groups is 1. The molecule has 7 nitrogen and oxygen atoms in total. The van der Waals surface area contributed by atoms with Crippen LogP contribution in [0.2, 0.25) is 0 Å². The largest absolute Gasteiger partial charge is 0.395 e. The molecule has 2 aliphatic heterocycles. The summed E-state index contributed by atoms with van der Waals surface area (Å²) in [5.74, 6) is 1.93. The van der Waals surface area contributed by atoms with Crippen LogP contribution in [0, 0.1) is 5.92 Å². The molecule has 5 heterocycles. The Labute approximate surface area is 195 Å². The number of rotatable bonds is 5. The number of anilines is 1. The molecule has 1 N–H and O–H groups in total. The molecule has 0 spiro atoms. The molecule has 0 aromatic carbocycles. The van der Waals surface area contributed by atoms with Gasteiger partial charge in [-0.05, 0) is 61.9 Å². The Kier molecular flexibility index (Phi) is 5.78. The monoisotopic (exact) mass is 446 g/mol. The maximum Gasteiger partial charge on any atom is 0.138 e. The summed E-state index contributed by atoms with van der Waals surface area (Å²) < 4.78 is 2.27. The van der Waals surface area contributed by atoms with Crippen LogP contribution in [0.4, 0.5) is 5.82 Å². The quantitative estimate of drug-likeness (QED) is 0.650. The third-order valence-corrected chi connectivity index (χ3v) is 7.85. The fourth-order valence-electron chi connectivity index (χ4n) is 6.23. The minimum absolute atomic E-state index is 0.235. The molecule has 3 aliphatic rings. The highest BCUT2D eigenvalue weighted by atomic mass is 16.3. The number of likely N-dealkylation sites (tertiary alicyclic amines) is 1. The third-order valence-electron chi connectivity index (χ3n) is 7.85. The Bertz CT molecular complexity index is 1110. The van der Waals surface area contributed by atoms with E-state index in [1.165, 1.54) is 42.8 Å². The lowest BCUT2D eigenvalue weighted by atomic mass is 9.77. The van der Waals surface area contributed by atoms with Crippen molar-refractivity contribution in [2.45, 2.75) is 38.3 Å². The first-order valence-corrected chi connectivity index (χ1v) is 12.5. The normalized spacial score (nSPS) is 24.1. The lowest BCUT2D eigenvalue weighted by Gasteiger charge is -2.44. The number of pyridine rings is 2. The number of piperazine rings is 1. The van der Waals surface area contributed by atoms with Gasteiger partial charge < -0.3 is 10.0 Å². The summed E-state index contributed by atoms with van der Waals surface area (Å²) in [4.78, 5) is 17.3. The Hall–Kier alpha value is -2.48. The van der Waals surface area contributed by atoms with E-state index in [0.29, 0.717) is 12.0 Å². The van der Waals surface area contributed by atoms with Crippen molar-refractivity contribution in [1.82, 2.24) is 24.2 Å². The summed E-state index contributed by atoms with van der Waals surface area (Å²) in [5, 5.41) is 9.23. The predicted octanol–water partition coefficient (Wildman–Crippen LogP) is 2.74. The predicted molar refractivity (Wildman–Crippen MR) is 129 cm³/mol. The highest BCUT2D eigenvalue weighted by Gasteiger charge is 2.37. The highest BCUT2D eigenvalue weighted by Crippen LogP contribution is 2.43. The number of hydrogen-bond donors (Lipinski definition) is 1. The summed E-state index contributed by atoms with van der Waals surface area (Å²) in [7, 11) is 0. The van der Waals surface area contributed by atoms with Gasteiger partial charge in [0.05, 0.1) is 24.0 Å². The van der Waals surface area contributed by atoms with Crippen molar-refractivity contribution >= 4 is 11.5 Å². The van der Waals surface area contributed by atoms with Crippen LogP contribution >= 0.6 is 0 Å². The first-order chi connectivity index (χ1) is 16.3. The number of fused-ring (bicyclic) bond motifs is 4. The minimum atomic E-state index is 0.235. The fraction of sp³-hybridized carbons (Fsp3) is 0.538. The standard InChI is InChI=1S/C26H34N6O/c33-17-16-29-12-14-30(15-13-29)24-7-1-6-23-28-22(19-32(23)24)18-31-11-3-5-21-9-8-20-4-2-10-27-25(20)26(21)31/h1-2,4,6-7,10,19,21,26,33H,3,5,8-9,11-18H2/t21-,26-/m0/s1. The molecule has 6 rings (SSSR count). The van der Waals surface area contributed by atoms with Gasteiger partial charge in [0.2, 0.25) is 0 Å². The van der Waals surface area contributed by atoms with Gasteiger partial charge in [-0.2, -0.15) is 0 Å². The van der Waals surface area contributed by atoms with Crippen molar-refractivity contribution in [2.75, 3.05) is 50.8 Å². The van der Waals surface area contributed by atoms with Gasteiger partial charge in [0, 0.05) is 51.7 Å². The minimum Gasteiger partial charge on any atom is -0.395 e. The molecule has 33 heavy (non-hydrogen) atoms. The van der Waals surface area contributed by atoms with Gasteiger partial charge in [-0.1, -0.05) is 12.1 Å². The van der Waals surface area contributed by atoms with E-state index in [-0.39, 0.29) is 6.61 Å². The van der Waals surface area contributed by atoms with E-state index in [1.807, 2.05) is 6.20 Å². The number of nitrogens with zero attached hydrogens (tertiary/aromatic N) is 6. The van der Waals surface area contributed by atoms with Gasteiger partial charge >= 0.3 is 0 Å². The van der Waals surface area contributed by atoms with Crippen LogP contribution in [0.1, 0.15) is 42.3 Å². The second-order valence-electron chi connectivity index (χ2n) is 9.80. The van der Waals surface area contributed by atoms with Crippen molar-refractivity contribution in [1.29, 1.82) is 0 Å². The number of β-amino-alcohol motifs (C(OH)–C–C–N with tert-alkyl or cyclic N) is 1. The topological polar surface area (TPSA) is 60.1 Å². The summed E-state index contributed by atoms with van der Waals surface area (Å²) in [5.41, 5.74) is 4.91. The van der Waals surface area contributed by atoms with Gasteiger partial charge in [-0.25, -0.2) is 4.98 Å². The molecule has 0 bridgehead atoms. The van der Waals surface area contributed by atoms with Crippen LogP contribution in [0.25, 0.3) is 5.65 Å². The number of hydrogen-bond acceptors (Lipinski definition) is 6. The van der Waals surface area contributed by atoms with Crippen LogP contribution in [-0.4, -0.2) is 75.2 Å². The molecule has 174 valence electrons. The molecule has 7 heteroatoms. The Morgan fingerprint density at radius 2 is 1.91 bits per heavy atom. The van der Waals surface area contributed by atoms with Gasteiger partial charge in [-0.3, -0.25) is 19.2 Å². The first kappa shape index (κ1) is 21.1. The number of imidazole rings is 1. The van der Waals surface area contributed by atoms with Crippen molar-refractivity contribution in [3.05, 3.63) is 59.7 Å². The SMILES string of the molecule is OCCN1CCN(c2cccc3nc(CN4CCC[C@H]5CCc6cccnc6[C@H]54)cn23)CC1.